The third-order valence-corrected chi connectivity index (χ3v) is 2.88. The van der Waals surface area contributed by atoms with Gasteiger partial charge in [0.05, 0.1) is 5.69 Å². The van der Waals surface area contributed by atoms with Crippen molar-refractivity contribution in [2.75, 3.05) is 16.8 Å². The molecule has 1 aliphatic heterocycles. The molecule has 11 heteroatoms. The molecule has 3 amide bonds. The minimum Gasteiger partial charge on any atom is -0.475 e. The summed E-state index contributed by atoms with van der Waals surface area (Å²) in [5.41, 5.74) is 6.33. The van der Waals surface area contributed by atoms with Crippen LogP contribution in [0.15, 0.2) is 36.4 Å². The number of carbonyl (C=O) groups is 4. The lowest BCUT2D eigenvalue weighted by Crippen LogP contribution is -2.29. The van der Waals surface area contributed by atoms with Gasteiger partial charge in [0.25, 0.3) is 11.8 Å². The normalized spacial score (nSPS) is 13.3. The van der Waals surface area contributed by atoms with Gasteiger partial charge in [0.15, 0.2) is 0 Å². The summed E-state index contributed by atoms with van der Waals surface area (Å²) in [5.74, 6) is -3.82. The van der Waals surface area contributed by atoms with E-state index in [1.807, 2.05) is 0 Å². The van der Waals surface area contributed by atoms with Gasteiger partial charge in [-0.25, -0.2) is 9.69 Å². The SMILES string of the molecule is NC(=O)CCNc1ccc(N2C(=O)C=CC2=O)cc1.O=C(O)C(F)(F)F. The number of aliphatic carboxylic acids is 1. The molecule has 0 atom stereocenters. The second kappa shape index (κ2) is 8.65. The Morgan fingerprint density at radius 2 is 1.54 bits per heavy atom. The van der Waals surface area contributed by atoms with Crippen LogP contribution in [0.2, 0.25) is 0 Å². The molecular weight excluding hydrogens is 359 g/mol. The van der Waals surface area contributed by atoms with E-state index in [9.17, 15) is 27.6 Å². The zero-order valence-corrected chi connectivity index (χ0v) is 13.1. The van der Waals surface area contributed by atoms with Gasteiger partial charge in [-0.05, 0) is 24.3 Å². The summed E-state index contributed by atoms with van der Waals surface area (Å²) in [7, 11) is 0. The average molecular weight is 373 g/mol. The van der Waals surface area contributed by atoms with Gasteiger partial charge in [-0.15, -0.1) is 0 Å². The minimum atomic E-state index is -5.08. The van der Waals surface area contributed by atoms with Crippen LogP contribution in [0.3, 0.4) is 0 Å². The Hall–Kier alpha value is -3.37. The number of carboxylic acids is 1. The van der Waals surface area contributed by atoms with Crippen molar-refractivity contribution in [3.63, 3.8) is 0 Å². The standard InChI is InChI=1S/C13H13N3O3.C2HF3O2/c14-11(17)7-8-15-9-1-3-10(4-2-9)16-12(18)5-6-13(16)19;3-2(4,5)1(6)7/h1-6,15H,7-8H2,(H2,14,17);(H,6,7). The van der Waals surface area contributed by atoms with Gasteiger partial charge in [0.1, 0.15) is 0 Å². The number of hydrogen-bond acceptors (Lipinski definition) is 5. The highest BCUT2D eigenvalue weighted by Gasteiger charge is 2.38. The van der Waals surface area contributed by atoms with E-state index in [-0.39, 0.29) is 24.1 Å². The number of nitrogens with zero attached hydrogens (tertiary/aromatic N) is 1. The molecule has 0 aliphatic carbocycles. The Balaban J connectivity index is 0.000000412. The van der Waals surface area contributed by atoms with Gasteiger partial charge >= 0.3 is 12.1 Å². The summed E-state index contributed by atoms with van der Waals surface area (Å²) in [6, 6.07) is 6.79. The molecule has 0 aromatic heterocycles. The molecule has 0 spiro atoms. The van der Waals surface area contributed by atoms with Crippen molar-refractivity contribution in [1.82, 2.24) is 0 Å². The monoisotopic (exact) mass is 373 g/mol. The molecule has 4 N–H and O–H groups in total. The number of benzene rings is 1. The fourth-order valence-corrected chi connectivity index (χ4v) is 1.71. The largest absolute Gasteiger partial charge is 0.490 e. The van der Waals surface area contributed by atoms with Crippen LogP contribution in [-0.4, -0.2) is 41.5 Å². The quantitative estimate of drug-likeness (QED) is 0.661. The lowest BCUT2D eigenvalue weighted by Gasteiger charge is -2.14. The molecule has 8 nitrogen and oxygen atoms in total. The molecule has 2 rings (SSSR count). The van der Waals surface area contributed by atoms with Gasteiger partial charge in [0.2, 0.25) is 5.91 Å². The number of alkyl halides is 3. The molecule has 0 fully saturated rings. The zero-order chi connectivity index (χ0) is 19.9. The Labute approximate surface area is 145 Å². The fourth-order valence-electron chi connectivity index (χ4n) is 1.71. The summed E-state index contributed by atoms with van der Waals surface area (Å²) in [4.78, 5) is 43.5. The molecule has 1 heterocycles. The Bertz CT molecular complexity index is 711. The van der Waals surface area contributed by atoms with Crippen LogP contribution in [0.25, 0.3) is 0 Å². The van der Waals surface area contributed by atoms with E-state index in [2.05, 4.69) is 5.32 Å². The number of carbonyl (C=O) groups excluding carboxylic acids is 3. The second-order valence-corrected chi connectivity index (χ2v) is 4.84. The highest BCUT2D eigenvalue weighted by atomic mass is 19.4. The lowest BCUT2D eigenvalue weighted by atomic mass is 10.2. The van der Waals surface area contributed by atoms with E-state index in [1.54, 1.807) is 24.3 Å². The molecule has 140 valence electrons. The Kier molecular flexibility index (Phi) is 6.88. The number of halogens is 3. The number of primary amides is 1. The van der Waals surface area contributed by atoms with Crippen molar-refractivity contribution in [2.45, 2.75) is 12.6 Å². The molecule has 1 aromatic rings. The van der Waals surface area contributed by atoms with E-state index >= 15 is 0 Å². The van der Waals surface area contributed by atoms with E-state index in [4.69, 9.17) is 15.6 Å². The molecular formula is C15H14F3N3O5. The maximum absolute atomic E-state index is 11.5. The van der Waals surface area contributed by atoms with E-state index in [1.165, 1.54) is 12.2 Å². The van der Waals surface area contributed by atoms with Crippen molar-refractivity contribution in [2.24, 2.45) is 5.73 Å². The summed E-state index contributed by atoms with van der Waals surface area (Å²) in [6.45, 7) is 0.442. The predicted octanol–water partition coefficient (Wildman–Crippen LogP) is 1.04. The third-order valence-electron chi connectivity index (χ3n) is 2.88. The van der Waals surface area contributed by atoms with Gasteiger partial charge in [-0.2, -0.15) is 13.2 Å². The average Bonchev–Trinajstić information content (AvgIpc) is 2.86. The van der Waals surface area contributed by atoms with Crippen molar-refractivity contribution in [3.8, 4) is 0 Å². The Morgan fingerprint density at radius 3 is 1.92 bits per heavy atom. The number of nitrogens with one attached hydrogen (secondary N) is 1. The predicted molar refractivity (Wildman–Crippen MR) is 84.1 cm³/mol. The molecule has 0 bridgehead atoms. The molecule has 1 aromatic carbocycles. The first-order chi connectivity index (χ1) is 12.0. The first-order valence-corrected chi connectivity index (χ1v) is 7.01. The van der Waals surface area contributed by atoms with Gasteiger partial charge in [0, 0.05) is 30.8 Å². The maximum atomic E-state index is 11.5. The van der Waals surface area contributed by atoms with Gasteiger partial charge in [-0.1, -0.05) is 0 Å². The topological polar surface area (TPSA) is 130 Å². The smallest absolute Gasteiger partial charge is 0.475 e. The highest BCUT2D eigenvalue weighted by molar-refractivity contribution is 6.28. The molecule has 1 aliphatic rings. The zero-order valence-electron chi connectivity index (χ0n) is 13.1. The second-order valence-electron chi connectivity index (χ2n) is 4.84. The van der Waals surface area contributed by atoms with Crippen molar-refractivity contribution >= 4 is 35.1 Å². The maximum Gasteiger partial charge on any atom is 0.490 e. The first kappa shape index (κ1) is 20.7. The number of nitrogens with two attached hydrogens (primary N) is 1. The van der Waals surface area contributed by atoms with Crippen molar-refractivity contribution < 1.29 is 37.5 Å². The van der Waals surface area contributed by atoms with Crippen LogP contribution in [0, 0.1) is 0 Å². The summed E-state index contributed by atoms with van der Waals surface area (Å²) in [5, 5.41) is 10.1. The van der Waals surface area contributed by atoms with Crippen LogP contribution in [0.5, 0.6) is 0 Å². The van der Waals surface area contributed by atoms with Crippen LogP contribution in [-0.2, 0) is 19.2 Å². The number of anilines is 2. The minimum absolute atomic E-state index is 0.245. The van der Waals surface area contributed by atoms with Crippen molar-refractivity contribution in [1.29, 1.82) is 0 Å². The van der Waals surface area contributed by atoms with Crippen LogP contribution < -0.4 is 16.0 Å². The number of carboxylic acid groups (broad SMARTS) is 1. The number of amides is 3. The van der Waals surface area contributed by atoms with Crippen molar-refractivity contribution in [3.05, 3.63) is 36.4 Å². The van der Waals surface area contributed by atoms with Crippen LogP contribution in [0.4, 0.5) is 24.5 Å². The lowest BCUT2D eigenvalue weighted by molar-refractivity contribution is -0.192. The summed E-state index contributed by atoms with van der Waals surface area (Å²) >= 11 is 0. The van der Waals surface area contributed by atoms with E-state index < -0.39 is 12.1 Å². The molecule has 0 radical (unpaired) electrons. The Morgan fingerprint density at radius 1 is 1.08 bits per heavy atom. The number of imide groups is 1. The number of hydrogen-bond donors (Lipinski definition) is 3. The summed E-state index contributed by atoms with van der Waals surface area (Å²) < 4.78 is 31.7. The summed E-state index contributed by atoms with van der Waals surface area (Å²) in [6.07, 6.45) is -2.36. The third kappa shape index (κ3) is 6.26. The molecule has 0 saturated heterocycles. The van der Waals surface area contributed by atoms with Crippen LogP contribution in [0.1, 0.15) is 6.42 Å². The highest BCUT2D eigenvalue weighted by Crippen LogP contribution is 2.21. The molecule has 26 heavy (non-hydrogen) atoms. The number of rotatable bonds is 5. The molecule has 0 unspecified atom stereocenters. The first-order valence-electron chi connectivity index (χ1n) is 7.01. The molecule has 0 saturated carbocycles. The van der Waals surface area contributed by atoms with Gasteiger partial charge < -0.3 is 16.2 Å². The van der Waals surface area contributed by atoms with E-state index in [0.29, 0.717) is 12.2 Å². The van der Waals surface area contributed by atoms with E-state index in [0.717, 1.165) is 10.6 Å². The fraction of sp³-hybridized carbons (Fsp3) is 0.200. The van der Waals surface area contributed by atoms with Gasteiger partial charge in [-0.3, -0.25) is 14.4 Å². The van der Waals surface area contributed by atoms with Crippen LogP contribution >= 0.6 is 0 Å².